The zero-order valence-electron chi connectivity index (χ0n) is 13.3. The van der Waals surface area contributed by atoms with Crippen molar-refractivity contribution in [2.24, 2.45) is 0 Å². The average Bonchev–Trinajstić information content (AvgIpc) is 3.07. The number of nitrogens with one attached hydrogen (secondary N) is 1. The number of para-hydroxylation sites is 2. The molecule has 0 atom stereocenters. The van der Waals surface area contributed by atoms with Crippen LogP contribution in [0.2, 0.25) is 0 Å². The molecule has 0 bridgehead atoms. The Balaban J connectivity index is 1.38. The summed E-state index contributed by atoms with van der Waals surface area (Å²) in [6.45, 7) is 1.97. The van der Waals surface area contributed by atoms with E-state index in [4.69, 9.17) is 17.2 Å². The minimum atomic E-state index is 0.554. The van der Waals surface area contributed by atoms with Crippen LogP contribution in [0.5, 0.6) is 0 Å². The zero-order chi connectivity index (χ0) is 16.4. The number of hydrogen-bond donors (Lipinski definition) is 1. The lowest BCUT2D eigenvalue weighted by atomic mass is 9.98. The van der Waals surface area contributed by atoms with Crippen molar-refractivity contribution in [3.05, 3.63) is 59.6 Å². The van der Waals surface area contributed by atoms with Crippen LogP contribution in [0.25, 0.3) is 10.2 Å². The Morgan fingerprint density at radius 1 is 1.04 bits per heavy atom. The first-order valence-electron chi connectivity index (χ1n) is 8.26. The number of thiazole rings is 1. The van der Waals surface area contributed by atoms with E-state index >= 15 is 0 Å². The number of likely N-dealkylation sites (tertiary alicyclic amines) is 1. The van der Waals surface area contributed by atoms with Crippen molar-refractivity contribution in [3.8, 4) is 0 Å². The van der Waals surface area contributed by atoms with Crippen LogP contribution in [0.3, 0.4) is 0 Å². The number of aromatic nitrogens is 1. The van der Waals surface area contributed by atoms with E-state index in [2.05, 4.69) is 34.5 Å². The summed E-state index contributed by atoms with van der Waals surface area (Å²) in [6.07, 6.45) is 2.22. The van der Waals surface area contributed by atoms with Gasteiger partial charge in [0.25, 0.3) is 0 Å². The van der Waals surface area contributed by atoms with E-state index in [1.54, 1.807) is 0 Å². The lowest BCUT2D eigenvalue weighted by molar-refractivity contribution is 0.316. The van der Waals surface area contributed by atoms with Gasteiger partial charge in [-0.3, -0.25) is 0 Å². The second-order valence-corrected chi connectivity index (χ2v) is 7.53. The second kappa shape index (κ2) is 6.87. The molecule has 1 N–H and O–H groups in total. The van der Waals surface area contributed by atoms with Crippen LogP contribution in [-0.4, -0.2) is 28.1 Å². The van der Waals surface area contributed by atoms with E-state index in [0.29, 0.717) is 5.92 Å². The standard InChI is InChI=1S/C19H19N3S2/c23-19(20-15-6-2-1-3-7-15)22-12-10-14(11-13-22)18-21-16-8-4-5-9-17(16)24-18/h1-9,14H,10-13H2,(H,20,23). The van der Waals surface area contributed by atoms with Crippen molar-refractivity contribution in [1.29, 1.82) is 0 Å². The molecule has 3 nitrogen and oxygen atoms in total. The van der Waals surface area contributed by atoms with Gasteiger partial charge >= 0.3 is 0 Å². The molecule has 2 heterocycles. The zero-order valence-corrected chi connectivity index (χ0v) is 14.9. The third-order valence-electron chi connectivity index (χ3n) is 4.47. The lowest BCUT2D eigenvalue weighted by Gasteiger charge is -2.33. The highest BCUT2D eigenvalue weighted by atomic mass is 32.1. The van der Waals surface area contributed by atoms with Gasteiger partial charge in [-0.1, -0.05) is 30.3 Å². The monoisotopic (exact) mass is 353 g/mol. The Labute approximate surface area is 151 Å². The van der Waals surface area contributed by atoms with Crippen LogP contribution >= 0.6 is 23.6 Å². The number of thiocarbonyl (C=S) groups is 1. The number of hydrogen-bond acceptors (Lipinski definition) is 3. The summed E-state index contributed by atoms with van der Waals surface area (Å²) in [5.74, 6) is 0.554. The molecule has 2 aromatic carbocycles. The summed E-state index contributed by atoms with van der Waals surface area (Å²) >= 11 is 7.40. The van der Waals surface area contributed by atoms with Gasteiger partial charge in [0.05, 0.1) is 15.2 Å². The third kappa shape index (κ3) is 3.28. The number of piperidine rings is 1. The molecule has 0 radical (unpaired) electrons. The minimum absolute atomic E-state index is 0.554. The first-order chi connectivity index (χ1) is 11.8. The average molecular weight is 354 g/mol. The van der Waals surface area contributed by atoms with Gasteiger partial charge in [-0.25, -0.2) is 4.98 Å². The molecular formula is C19H19N3S2. The summed E-state index contributed by atoms with van der Waals surface area (Å²) in [4.78, 5) is 7.10. The lowest BCUT2D eigenvalue weighted by Crippen LogP contribution is -2.40. The van der Waals surface area contributed by atoms with Crippen molar-refractivity contribution in [2.45, 2.75) is 18.8 Å². The van der Waals surface area contributed by atoms with E-state index in [1.165, 1.54) is 9.71 Å². The summed E-state index contributed by atoms with van der Waals surface area (Å²) < 4.78 is 1.29. The smallest absolute Gasteiger partial charge is 0.173 e. The predicted molar refractivity (Wildman–Crippen MR) is 106 cm³/mol. The molecule has 1 aliphatic rings. The molecule has 5 heteroatoms. The molecule has 0 amide bonds. The van der Waals surface area contributed by atoms with Gasteiger partial charge in [-0.15, -0.1) is 11.3 Å². The van der Waals surface area contributed by atoms with Crippen molar-refractivity contribution < 1.29 is 0 Å². The molecule has 0 unspecified atom stereocenters. The second-order valence-electron chi connectivity index (χ2n) is 6.08. The quantitative estimate of drug-likeness (QED) is 0.665. The van der Waals surface area contributed by atoms with Crippen molar-refractivity contribution in [3.63, 3.8) is 0 Å². The first kappa shape index (κ1) is 15.5. The van der Waals surface area contributed by atoms with Gasteiger partial charge in [-0.2, -0.15) is 0 Å². The van der Waals surface area contributed by atoms with Crippen LogP contribution in [0.15, 0.2) is 54.6 Å². The minimum Gasteiger partial charge on any atom is -0.349 e. The molecule has 3 aromatic rings. The number of nitrogens with zero attached hydrogens (tertiary/aromatic N) is 2. The molecule has 1 fully saturated rings. The molecule has 0 spiro atoms. The first-order valence-corrected chi connectivity index (χ1v) is 9.48. The maximum absolute atomic E-state index is 5.57. The highest BCUT2D eigenvalue weighted by Gasteiger charge is 2.24. The van der Waals surface area contributed by atoms with Crippen LogP contribution in [0, 0.1) is 0 Å². The molecule has 0 aliphatic carbocycles. The SMILES string of the molecule is S=C(Nc1ccccc1)N1CCC(c2nc3ccccc3s2)CC1. The molecule has 24 heavy (non-hydrogen) atoms. The molecule has 4 rings (SSSR count). The van der Waals surface area contributed by atoms with Crippen molar-refractivity contribution in [2.75, 3.05) is 18.4 Å². The summed E-state index contributed by atoms with van der Waals surface area (Å²) in [7, 11) is 0. The Hall–Kier alpha value is -1.98. The highest BCUT2D eigenvalue weighted by molar-refractivity contribution is 7.80. The molecular weight excluding hydrogens is 334 g/mol. The van der Waals surface area contributed by atoms with E-state index in [-0.39, 0.29) is 0 Å². The maximum Gasteiger partial charge on any atom is 0.173 e. The van der Waals surface area contributed by atoms with Gasteiger partial charge in [0.1, 0.15) is 0 Å². The number of anilines is 1. The number of benzene rings is 2. The van der Waals surface area contributed by atoms with E-state index in [1.807, 2.05) is 41.7 Å². The summed E-state index contributed by atoms with van der Waals surface area (Å²) in [5, 5.41) is 5.43. The Bertz CT molecular complexity index is 803. The van der Waals surface area contributed by atoms with Crippen LogP contribution in [-0.2, 0) is 0 Å². The van der Waals surface area contributed by atoms with E-state index in [0.717, 1.165) is 42.2 Å². The Morgan fingerprint density at radius 2 is 1.75 bits per heavy atom. The molecule has 1 saturated heterocycles. The van der Waals surface area contributed by atoms with Crippen molar-refractivity contribution in [1.82, 2.24) is 9.88 Å². The van der Waals surface area contributed by atoms with E-state index in [9.17, 15) is 0 Å². The fourth-order valence-corrected chi connectivity index (χ4v) is 4.56. The predicted octanol–water partition coefficient (Wildman–Crippen LogP) is 4.87. The van der Waals surface area contributed by atoms with Crippen LogP contribution < -0.4 is 5.32 Å². The van der Waals surface area contributed by atoms with E-state index < -0.39 is 0 Å². The largest absolute Gasteiger partial charge is 0.349 e. The van der Waals surface area contributed by atoms with Gasteiger partial charge in [0, 0.05) is 24.7 Å². The van der Waals surface area contributed by atoms with Crippen molar-refractivity contribution >= 4 is 44.6 Å². The number of fused-ring (bicyclic) bond motifs is 1. The Kier molecular flexibility index (Phi) is 4.45. The normalized spacial score (nSPS) is 15.6. The van der Waals surface area contributed by atoms with Crippen LogP contribution in [0.1, 0.15) is 23.8 Å². The fourth-order valence-electron chi connectivity index (χ4n) is 3.12. The van der Waals surface area contributed by atoms with Gasteiger partial charge in [0.2, 0.25) is 0 Å². The topological polar surface area (TPSA) is 28.2 Å². The molecule has 1 aromatic heterocycles. The van der Waals surface area contributed by atoms with Crippen LogP contribution in [0.4, 0.5) is 5.69 Å². The summed E-state index contributed by atoms with van der Waals surface area (Å²) in [5.41, 5.74) is 2.18. The van der Waals surface area contributed by atoms with Gasteiger partial charge < -0.3 is 10.2 Å². The molecule has 1 aliphatic heterocycles. The molecule has 122 valence electrons. The third-order valence-corrected chi connectivity index (χ3v) is 6.03. The van der Waals surface area contributed by atoms with Gasteiger partial charge in [-0.05, 0) is 49.3 Å². The molecule has 0 saturated carbocycles. The highest BCUT2D eigenvalue weighted by Crippen LogP contribution is 2.33. The van der Waals surface area contributed by atoms with Gasteiger partial charge in [0.15, 0.2) is 5.11 Å². The summed E-state index contributed by atoms with van der Waals surface area (Å²) in [6, 6.07) is 18.5. The number of rotatable bonds is 2. The Morgan fingerprint density at radius 3 is 2.50 bits per heavy atom. The maximum atomic E-state index is 5.57. The fraction of sp³-hybridized carbons (Fsp3) is 0.263.